The van der Waals surface area contributed by atoms with Crippen LogP contribution < -0.4 is 9.47 Å². The third kappa shape index (κ3) is 6.88. The summed E-state index contributed by atoms with van der Waals surface area (Å²) in [7, 11) is 0. The van der Waals surface area contributed by atoms with Crippen LogP contribution in [-0.4, -0.2) is 28.2 Å². The van der Waals surface area contributed by atoms with Gasteiger partial charge in [0.2, 0.25) is 0 Å². The highest BCUT2D eigenvalue weighted by atomic mass is 16.5. The summed E-state index contributed by atoms with van der Waals surface area (Å²) < 4.78 is 11.3. The fourth-order valence-corrected chi connectivity index (χ4v) is 4.41. The number of ether oxygens (including phenoxy) is 2. The Kier molecular flexibility index (Phi) is 9.53. The van der Waals surface area contributed by atoms with Crippen LogP contribution in [0.3, 0.4) is 0 Å². The van der Waals surface area contributed by atoms with Gasteiger partial charge in [-0.15, -0.1) is 0 Å². The first-order chi connectivity index (χ1) is 18.2. The molecule has 0 bridgehead atoms. The molecule has 0 atom stereocenters. The van der Waals surface area contributed by atoms with Crippen molar-refractivity contribution in [2.75, 3.05) is 13.2 Å². The number of nitrogens with zero attached hydrogens (tertiary/aromatic N) is 3. The van der Waals surface area contributed by atoms with Crippen LogP contribution in [0.4, 0.5) is 0 Å². The highest BCUT2D eigenvalue weighted by molar-refractivity contribution is 6.00. The molecule has 192 valence electrons. The normalized spacial score (nSPS) is 10.9. The number of fused-ring (bicyclic) bond motifs is 1. The zero-order chi connectivity index (χ0) is 25.9. The first-order valence-corrected chi connectivity index (χ1v) is 13.3. The molecule has 37 heavy (non-hydrogen) atoms. The van der Waals surface area contributed by atoms with Gasteiger partial charge in [0, 0.05) is 11.1 Å². The minimum atomic E-state index is 0.489. The van der Waals surface area contributed by atoms with Crippen molar-refractivity contribution in [3.8, 4) is 33.8 Å². The Labute approximate surface area is 220 Å². The van der Waals surface area contributed by atoms with E-state index >= 15 is 0 Å². The molecule has 4 aromatic rings. The SMILES string of the molecule is C=CCOc1ccc(-c2ccc(-c3ccc(OCC=C)cc3)c3nn(CCCCCCCC)nc23)cc1. The molecule has 0 aliphatic heterocycles. The zero-order valence-electron chi connectivity index (χ0n) is 21.9. The lowest BCUT2D eigenvalue weighted by atomic mass is 9.98. The van der Waals surface area contributed by atoms with E-state index in [-0.39, 0.29) is 0 Å². The van der Waals surface area contributed by atoms with E-state index in [9.17, 15) is 0 Å². The number of benzene rings is 3. The van der Waals surface area contributed by atoms with Crippen LogP contribution in [0.2, 0.25) is 0 Å². The summed E-state index contributed by atoms with van der Waals surface area (Å²) >= 11 is 0. The number of aryl methyl sites for hydroxylation is 1. The topological polar surface area (TPSA) is 49.2 Å². The summed E-state index contributed by atoms with van der Waals surface area (Å²) in [5.74, 6) is 1.64. The summed E-state index contributed by atoms with van der Waals surface area (Å²) in [6.45, 7) is 11.5. The van der Waals surface area contributed by atoms with E-state index in [0.717, 1.165) is 57.8 Å². The maximum absolute atomic E-state index is 5.66. The lowest BCUT2D eigenvalue weighted by Gasteiger charge is -2.09. The molecular formula is C32H37N3O2. The van der Waals surface area contributed by atoms with Crippen molar-refractivity contribution >= 4 is 11.0 Å². The van der Waals surface area contributed by atoms with Gasteiger partial charge in [0.1, 0.15) is 35.7 Å². The minimum absolute atomic E-state index is 0.489. The van der Waals surface area contributed by atoms with Crippen molar-refractivity contribution in [1.82, 2.24) is 15.0 Å². The molecule has 0 N–H and O–H groups in total. The molecule has 4 rings (SSSR count). The van der Waals surface area contributed by atoms with Gasteiger partial charge in [-0.05, 0) is 41.8 Å². The minimum Gasteiger partial charge on any atom is -0.490 e. The Morgan fingerprint density at radius 1 is 0.649 bits per heavy atom. The van der Waals surface area contributed by atoms with Crippen molar-refractivity contribution in [3.05, 3.63) is 86.0 Å². The monoisotopic (exact) mass is 495 g/mol. The Morgan fingerprint density at radius 2 is 1.11 bits per heavy atom. The number of aromatic nitrogens is 3. The second-order valence-corrected chi connectivity index (χ2v) is 9.17. The lowest BCUT2D eigenvalue weighted by Crippen LogP contribution is -2.02. The van der Waals surface area contributed by atoms with Gasteiger partial charge in [-0.25, -0.2) is 0 Å². The Hall–Kier alpha value is -3.86. The Morgan fingerprint density at radius 3 is 1.57 bits per heavy atom. The van der Waals surface area contributed by atoms with E-state index in [0.29, 0.717) is 13.2 Å². The third-order valence-corrected chi connectivity index (χ3v) is 6.36. The van der Waals surface area contributed by atoms with Crippen LogP contribution in [0.15, 0.2) is 86.0 Å². The molecule has 0 radical (unpaired) electrons. The van der Waals surface area contributed by atoms with E-state index in [1.54, 1.807) is 12.2 Å². The van der Waals surface area contributed by atoms with E-state index in [2.05, 4.69) is 56.5 Å². The lowest BCUT2D eigenvalue weighted by molar-refractivity contribution is 0.363. The molecule has 1 aromatic heterocycles. The number of hydrogen-bond acceptors (Lipinski definition) is 4. The molecule has 0 fully saturated rings. The van der Waals surface area contributed by atoms with Crippen molar-refractivity contribution < 1.29 is 9.47 Å². The molecule has 5 nitrogen and oxygen atoms in total. The zero-order valence-corrected chi connectivity index (χ0v) is 21.9. The fraction of sp³-hybridized carbons (Fsp3) is 0.312. The van der Waals surface area contributed by atoms with Gasteiger partial charge >= 0.3 is 0 Å². The first kappa shape index (κ1) is 26.2. The van der Waals surface area contributed by atoms with Crippen LogP contribution in [-0.2, 0) is 6.54 Å². The number of unbranched alkanes of at least 4 members (excludes halogenated alkanes) is 5. The van der Waals surface area contributed by atoms with Crippen LogP contribution in [0.5, 0.6) is 11.5 Å². The second kappa shape index (κ2) is 13.4. The van der Waals surface area contributed by atoms with Gasteiger partial charge in [0.15, 0.2) is 0 Å². The average molecular weight is 496 g/mol. The molecule has 0 saturated heterocycles. The smallest absolute Gasteiger partial charge is 0.121 e. The van der Waals surface area contributed by atoms with Crippen LogP contribution in [0.25, 0.3) is 33.3 Å². The largest absolute Gasteiger partial charge is 0.490 e. The molecule has 0 saturated carbocycles. The molecule has 0 aliphatic rings. The average Bonchev–Trinajstić information content (AvgIpc) is 3.37. The molecule has 5 heteroatoms. The highest BCUT2D eigenvalue weighted by Crippen LogP contribution is 2.35. The van der Waals surface area contributed by atoms with Gasteiger partial charge in [-0.1, -0.05) is 101 Å². The van der Waals surface area contributed by atoms with Crippen molar-refractivity contribution in [1.29, 1.82) is 0 Å². The molecule has 0 unspecified atom stereocenters. The maximum Gasteiger partial charge on any atom is 0.121 e. The molecule has 0 aliphatic carbocycles. The predicted octanol–water partition coefficient (Wildman–Crippen LogP) is 8.26. The van der Waals surface area contributed by atoms with Crippen LogP contribution in [0.1, 0.15) is 45.4 Å². The van der Waals surface area contributed by atoms with Gasteiger partial charge in [0.25, 0.3) is 0 Å². The second-order valence-electron chi connectivity index (χ2n) is 9.17. The van der Waals surface area contributed by atoms with Crippen molar-refractivity contribution in [2.24, 2.45) is 0 Å². The quantitative estimate of drug-likeness (QED) is 0.123. The predicted molar refractivity (Wildman–Crippen MR) is 153 cm³/mol. The Bertz CT molecular complexity index is 1200. The van der Waals surface area contributed by atoms with E-state index in [4.69, 9.17) is 19.7 Å². The molecular weight excluding hydrogens is 458 g/mol. The summed E-state index contributed by atoms with van der Waals surface area (Å²) in [6.07, 6.45) is 10.9. The molecule has 1 heterocycles. The first-order valence-electron chi connectivity index (χ1n) is 13.3. The third-order valence-electron chi connectivity index (χ3n) is 6.36. The van der Waals surface area contributed by atoms with E-state index < -0.39 is 0 Å². The number of rotatable bonds is 15. The van der Waals surface area contributed by atoms with Gasteiger partial charge in [-0.2, -0.15) is 15.0 Å². The summed E-state index contributed by atoms with van der Waals surface area (Å²) in [4.78, 5) is 1.88. The van der Waals surface area contributed by atoms with Crippen LogP contribution >= 0.6 is 0 Å². The Balaban J connectivity index is 1.64. The fourth-order valence-electron chi connectivity index (χ4n) is 4.41. The van der Waals surface area contributed by atoms with E-state index in [1.807, 2.05) is 29.1 Å². The molecule has 0 spiro atoms. The summed E-state index contributed by atoms with van der Waals surface area (Å²) in [5, 5.41) is 9.93. The summed E-state index contributed by atoms with van der Waals surface area (Å²) in [6, 6.07) is 20.5. The van der Waals surface area contributed by atoms with Gasteiger partial charge < -0.3 is 9.47 Å². The highest BCUT2D eigenvalue weighted by Gasteiger charge is 2.15. The van der Waals surface area contributed by atoms with E-state index in [1.165, 1.54) is 32.1 Å². The van der Waals surface area contributed by atoms with Crippen LogP contribution in [0, 0.1) is 0 Å². The van der Waals surface area contributed by atoms with Crippen molar-refractivity contribution in [3.63, 3.8) is 0 Å². The standard InChI is InChI=1S/C32H37N3O2/c1-4-7-8-9-10-11-22-35-33-31-29(25-12-16-27(17-13-25)36-23-5-2)20-21-30(32(31)34-35)26-14-18-28(19-15-26)37-24-6-3/h5-6,12-21H,2-4,7-11,22-24H2,1H3. The molecule has 3 aromatic carbocycles. The number of hydrogen-bond donors (Lipinski definition) is 0. The molecule has 0 amide bonds. The van der Waals surface area contributed by atoms with Crippen molar-refractivity contribution in [2.45, 2.75) is 52.0 Å². The van der Waals surface area contributed by atoms with Gasteiger partial charge in [0.05, 0.1) is 6.54 Å². The maximum atomic E-state index is 5.66. The summed E-state index contributed by atoms with van der Waals surface area (Å²) in [5.41, 5.74) is 6.12. The van der Waals surface area contributed by atoms with Gasteiger partial charge in [-0.3, -0.25) is 0 Å².